The van der Waals surface area contributed by atoms with Gasteiger partial charge in [-0.15, -0.1) is 0 Å². The Hall–Kier alpha value is -1.97. The van der Waals surface area contributed by atoms with Crippen LogP contribution in [0.2, 0.25) is 10.0 Å². The minimum atomic E-state index is -0.298. The second-order valence-corrected chi connectivity index (χ2v) is 5.54. The fourth-order valence-electron chi connectivity index (χ4n) is 1.92. The summed E-state index contributed by atoms with van der Waals surface area (Å²) in [6, 6.07) is 10.6. The topological polar surface area (TPSA) is 38.3 Å². The van der Waals surface area contributed by atoms with Crippen molar-refractivity contribution < 1.29 is 9.53 Å². The summed E-state index contributed by atoms with van der Waals surface area (Å²) in [5, 5.41) is 3.62. The molecule has 0 aromatic heterocycles. The van der Waals surface area contributed by atoms with Crippen molar-refractivity contribution in [1.29, 1.82) is 0 Å². The molecule has 5 heteroatoms. The van der Waals surface area contributed by atoms with Gasteiger partial charge in [0.1, 0.15) is 5.75 Å². The van der Waals surface area contributed by atoms with Crippen LogP contribution in [0, 0.1) is 6.92 Å². The molecule has 0 unspecified atom stereocenters. The first-order valence-corrected chi connectivity index (χ1v) is 7.34. The monoisotopic (exact) mass is 335 g/mol. The smallest absolute Gasteiger partial charge is 0.248 e. The van der Waals surface area contributed by atoms with E-state index in [4.69, 9.17) is 27.9 Å². The van der Waals surface area contributed by atoms with E-state index in [0.29, 0.717) is 21.5 Å². The average molecular weight is 336 g/mol. The lowest BCUT2D eigenvalue weighted by atomic mass is 10.1. The number of amides is 1. The number of ether oxygens (including phenoxy) is 1. The summed E-state index contributed by atoms with van der Waals surface area (Å²) in [6.07, 6.45) is 3.12. The van der Waals surface area contributed by atoms with Crippen LogP contribution >= 0.6 is 23.2 Å². The van der Waals surface area contributed by atoms with Crippen molar-refractivity contribution in [2.75, 3.05) is 12.4 Å². The summed E-state index contributed by atoms with van der Waals surface area (Å²) >= 11 is 11.9. The molecule has 114 valence electrons. The van der Waals surface area contributed by atoms with E-state index < -0.39 is 0 Å². The van der Waals surface area contributed by atoms with E-state index >= 15 is 0 Å². The normalized spacial score (nSPS) is 10.7. The zero-order valence-corrected chi connectivity index (χ0v) is 13.7. The number of carbonyl (C=O) groups excluding carboxylic acids is 1. The highest BCUT2D eigenvalue weighted by Gasteiger charge is 2.05. The van der Waals surface area contributed by atoms with Crippen LogP contribution in [0.15, 0.2) is 42.5 Å². The van der Waals surface area contributed by atoms with Gasteiger partial charge in [-0.1, -0.05) is 34.8 Å². The van der Waals surface area contributed by atoms with Crippen LogP contribution in [-0.2, 0) is 4.79 Å². The first kappa shape index (κ1) is 16.4. The van der Waals surface area contributed by atoms with Gasteiger partial charge >= 0.3 is 0 Å². The van der Waals surface area contributed by atoms with Crippen LogP contribution in [0.3, 0.4) is 0 Å². The Morgan fingerprint density at radius 3 is 2.68 bits per heavy atom. The average Bonchev–Trinajstić information content (AvgIpc) is 2.49. The predicted molar refractivity (Wildman–Crippen MR) is 91.9 cm³/mol. The maximum atomic E-state index is 12.0. The van der Waals surface area contributed by atoms with Gasteiger partial charge in [-0.2, -0.15) is 0 Å². The van der Waals surface area contributed by atoms with Crippen LogP contribution in [0.25, 0.3) is 6.08 Å². The van der Waals surface area contributed by atoms with Crippen molar-refractivity contribution in [1.82, 2.24) is 0 Å². The number of halogens is 2. The molecule has 0 saturated carbocycles. The number of carbonyl (C=O) groups is 1. The molecule has 3 nitrogen and oxygen atoms in total. The molecule has 2 aromatic carbocycles. The quantitative estimate of drug-likeness (QED) is 0.801. The van der Waals surface area contributed by atoms with Crippen molar-refractivity contribution in [3.63, 3.8) is 0 Å². The fraction of sp³-hybridized carbons (Fsp3) is 0.118. The molecule has 0 spiro atoms. The highest BCUT2D eigenvalue weighted by Crippen LogP contribution is 2.25. The zero-order chi connectivity index (χ0) is 16.1. The molecular formula is C17H15Cl2NO2. The second-order valence-electron chi connectivity index (χ2n) is 4.69. The Morgan fingerprint density at radius 1 is 1.18 bits per heavy atom. The maximum absolute atomic E-state index is 12.0. The van der Waals surface area contributed by atoms with Gasteiger partial charge in [-0.05, 0) is 43.3 Å². The third kappa shape index (κ3) is 4.26. The van der Waals surface area contributed by atoms with Crippen molar-refractivity contribution in [2.24, 2.45) is 0 Å². The standard InChI is InChI=1S/C17H15Cl2NO2/c1-11-3-7-16(22-2)12(9-11)4-8-17(21)20-15-10-13(18)5-6-14(15)19/h3-10H,1-2H3,(H,20,21)/b8-4+. The minimum absolute atomic E-state index is 0.298. The first-order chi connectivity index (χ1) is 10.5. The van der Waals surface area contributed by atoms with Gasteiger partial charge in [0.2, 0.25) is 5.91 Å². The van der Waals surface area contributed by atoms with E-state index in [0.717, 1.165) is 11.1 Å². The number of hydrogen-bond acceptors (Lipinski definition) is 2. The van der Waals surface area contributed by atoms with Crippen molar-refractivity contribution >= 4 is 40.9 Å². The van der Waals surface area contributed by atoms with Crippen molar-refractivity contribution in [3.8, 4) is 5.75 Å². The third-order valence-corrected chi connectivity index (χ3v) is 3.55. The van der Waals surface area contributed by atoms with Crippen LogP contribution in [0.1, 0.15) is 11.1 Å². The zero-order valence-electron chi connectivity index (χ0n) is 12.2. The lowest BCUT2D eigenvalue weighted by Gasteiger charge is -2.07. The Balaban J connectivity index is 2.15. The molecule has 1 N–H and O–H groups in total. The van der Waals surface area contributed by atoms with Gasteiger partial charge in [-0.3, -0.25) is 4.79 Å². The SMILES string of the molecule is COc1ccc(C)cc1/C=C/C(=O)Nc1cc(Cl)ccc1Cl. The molecule has 0 radical (unpaired) electrons. The van der Waals surface area contributed by atoms with Crippen LogP contribution < -0.4 is 10.1 Å². The summed E-state index contributed by atoms with van der Waals surface area (Å²) in [7, 11) is 1.59. The fourth-order valence-corrected chi connectivity index (χ4v) is 2.25. The largest absolute Gasteiger partial charge is 0.496 e. The molecule has 0 heterocycles. The van der Waals surface area contributed by atoms with Crippen LogP contribution in [0.4, 0.5) is 5.69 Å². The van der Waals surface area contributed by atoms with E-state index in [1.54, 1.807) is 31.4 Å². The number of methoxy groups -OCH3 is 1. The van der Waals surface area contributed by atoms with E-state index in [1.807, 2.05) is 25.1 Å². The van der Waals surface area contributed by atoms with Gasteiger partial charge in [0.15, 0.2) is 0 Å². The lowest BCUT2D eigenvalue weighted by Crippen LogP contribution is -2.08. The van der Waals surface area contributed by atoms with Crippen LogP contribution in [0.5, 0.6) is 5.75 Å². The number of hydrogen-bond donors (Lipinski definition) is 1. The number of aryl methyl sites for hydroxylation is 1. The summed E-state index contributed by atoms with van der Waals surface area (Å²) in [4.78, 5) is 12.0. The van der Waals surface area contributed by atoms with E-state index in [2.05, 4.69) is 5.32 Å². The van der Waals surface area contributed by atoms with E-state index in [1.165, 1.54) is 6.08 Å². The van der Waals surface area contributed by atoms with Gasteiger partial charge in [0.25, 0.3) is 0 Å². The summed E-state index contributed by atoms with van der Waals surface area (Å²) < 4.78 is 5.26. The van der Waals surface area contributed by atoms with Gasteiger partial charge in [-0.25, -0.2) is 0 Å². The van der Waals surface area contributed by atoms with Gasteiger partial charge in [0, 0.05) is 16.7 Å². The second kappa shape index (κ2) is 7.34. The minimum Gasteiger partial charge on any atom is -0.496 e. The van der Waals surface area contributed by atoms with Crippen molar-refractivity contribution in [3.05, 3.63) is 63.6 Å². The molecule has 0 aliphatic heterocycles. The Bertz CT molecular complexity index is 727. The molecular weight excluding hydrogens is 321 g/mol. The van der Waals surface area contributed by atoms with Crippen molar-refractivity contribution in [2.45, 2.75) is 6.92 Å². The van der Waals surface area contributed by atoms with Gasteiger partial charge < -0.3 is 10.1 Å². The summed E-state index contributed by atoms with van der Waals surface area (Å²) in [5.74, 6) is 0.406. The Labute approximate surface area is 139 Å². The highest BCUT2D eigenvalue weighted by atomic mass is 35.5. The van der Waals surface area contributed by atoms with Gasteiger partial charge in [0.05, 0.1) is 17.8 Å². The summed E-state index contributed by atoms with van der Waals surface area (Å²) in [6.45, 7) is 1.97. The molecule has 1 amide bonds. The molecule has 0 fully saturated rings. The van der Waals surface area contributed by atoms with E-state index in [-0.39, 0.29) is 5.91 Å². The number of benzene rings is 2. The summed E-state index contributed by atoms with van der Waals surface area (Å²) in [5.41, 5.74) is 2.38. The maximum Gasteiger partial charge on any atom is 0.248 e. The lowest BCUT2D eigenvalue weighted by molar-refractivity contribution is -0.111. The Morgan fingerprint density at radius 2 is 1.95 bits per heavy atom. The van der Waals surface area contributed by atoms with Crippen LogP contribution in [-0.4, -0.2) is 13.0 Å². The predicted octanol–water partition coefficient (Wildman–Crippen LogP) is 4.96. The number of anilines is 1. The number of nitrogens with one attached hydrogen (secondary N) is 1. The number of rotatable bonds is 4. The molecule has 2 aromatic rings. The molecule has 22 heavy (non-hydrogen) atoms. The molecule has 0 aliphatic rings. The van der Waals surface area contributed by atoms with E-state index in [9.17, 15) is 4.79 Å². The first-order valence-electron chi connectivity index (χ1n) is 6.58. The molecule has 2 rings (SSSR count). The molecule has 0 aliphatic carbocycles. The highest BCUT2D eigenvalue weighted by molar-refractivity contribution is 6.35. The molecule has 0 saturated heterocycles. The third-order valence-electron chi connectivity index (χ3n) is 2.99. The Kier molecular flexibility index (Phi) is 5.47. The molecule has 0 atom stereocenters. The molecule has 0 bridgehead atoms.